The smallest absolute Gasteiger partial charge is 0.250 e. The minimum absolute atomic E-state index is 0.327. The van der Waals surface area contributed by atoms with Gasteiger partial charge in [0.15, 0.2) is 5.13 Å². The van der Waals surface area contributed by atoms with Crippen molar-refractivity contribution in [2.75, 3.05) is 5.32 Å². The lowest BCUT2D eigenvalue weighted by Crippen LogP contribution is -2.50. The lowest BCUT2D eigenvalue weighted by molar-refractivity contribution is -0.137. The number of carbonyl (C=O) groups excluding carboxylic acids is 2. The Morgan fingerprint density at radius 2 is 1.91 bits per heavy atom. The Hall–Kier alpha value is -1.47. The number of nitrogens with zero attached hydrogens (tertiary/aromatic N) is 1. The van der Waals surface area contributed by atoms with Crippen LogP contribution in [-0.2, 0) is 9.59 Å². The maximum absolute atomic E-state index is 12.3. The van der Waals surface area contributed by atoms with E-state index in [1.54, 1.807) is 33.9 Å². The van der Waals surface area contributed by atoms with Gasteiger partial charge < -0.3 is 15.7 Å². The Labute approximate surface area is 141 Å². The molecule has 1 aromatic rings. The third-order valence-electron chi connectivity index (χ3n) is 3.43. The molecule has 0 unspecified atom stereocenters. The van der Waals surface area contributed by atoms with Crippen LogP contribution in [0.15, 0.2) is 6.20 Å². The van der Waals surface area contributed by atoms with Crippen molar-refractivity contribution in [1.82, 2.24) is 10.3 Å². The molecule has 130 valence electrons. The maximum atomic E-state index is 12.3. The summed E-state index contributed by atoms with van der Waals surface area (Å²) in [7, 11) is 0. The first-order chi connectivity index (χ1) is 10.6. The van der Waals surface area contributed by atoms with Crippen LogP contribution in [0.2, 0.25) is 0 Å². The van der Waals surface area contributed by atoms with E-state index in [-0.39, 0.29) is 5.91 Å². The molecule has 3 N–H and O–H groups in total. The van der Waals surface area contributed by atoms with Crippen LogP contribution in [0.3, 0.4) is 0 Å². The maximum Gasteiger partial charge on any atom is 0.250 e. The molecular formula is C16H27N3O3S. The van der Waals surface area contributed by atoms with E-state index in [9.17, 15) is 14.7 Å². The van der Waals surface area contributed by atoms with Crippen LogP contribution in [0.5, 0.6) is 0 Å². The Balaban J connectivity index is 2.69. The van der Waals surface area contributed by atoms with Gasteiger partial charge in [0.1, 0.15) is 12.1 Å². The molecule has 0 bridgehead atoms. The molecule has 0 aliphatic rings. The normalized spacial score (nSPS) is 14.4. The van der Waals surface area contributed by atoms with Gasteiger partial charge in [-0.25, -0.2) is 4.98 Å². The zero-order valence-electron chi connectivity index (χ0n) is 14.6. The van der Waals surface area contributed by atoms with E-state index in [1.807, 2.05) is 0 Å². The fourth-order valence-corrected chi connectivity index (χ4v) is 2.62. The molecule has 0 aromatic carbocycles. The molecule has 0 aliphatic carbocycles. The molecule has 2 amide bonds. The second-order valence-electron chi connectivity index (χ2n) is 6.95. The lowest BCUT2D eigenvalue weighted by Gasteiger charge is -2.26. The van der Waals surface area contributed by atoms with E-state index >= 15 is 0 Å². The number of aromatic nitrogens is 1. The summed E-state index contributed by atoms with van der Waals surface area (Å²) in [6.45, 7) is 11.2. The monoisotopic (exact) mass is 341 g/mol. The average Bonchev–Trinajstić information content (AvgIpc) is 2.91. The van der Waals surface area contributed by atoms with Gasteiger partial charge in [0.25, 0.3) is 0 Å². The predicted octanol–water partition coefficient (Wildman–Crippen LogP) is 2.51. The van der Waals surface area contributed by atoms with Crippen molar-refractivity contribution in [1.29, 1.82) is 0 Å². The first kappa shape index (κ1) is 19.6. The highest BCUT2D eigenvalue weighted by Crippen LogP contribution is 2.25. The van der Waals surface area contributed by atoms with Gasteiger partial charge in [0.2, 0.25) is 11.8 Å². The summed E-state index contributed by atoms with van der Waals surface area (Å²) in [5.41, 5.74) is -0.583. The number of amides is 2. The van der Waals surface area contributed by atoms with Crippen molar-refractivity contribution in [3.63, 3.8) is 0 Å². The standard InChI is InChI=1S/C16H27N3O3S/c1-7-10(18-14(22)12(20)16(4,5)6)13(21)19-15-17-8-11(23-15)9(2)3/h8-10,12,20H,7H2,1-6H3,(H,18,22)(H,17,19,21)/t10-,12+/m0/s1. The Morgan fingerprint density at radius 1 is 1.30 bits per heavy atom. The summed E-state index contributed by atoms with van der Waals surface area (Å²) in [4.78, 5) is 29.6. The predicted molar refractivity (Wildman–Crippen MR) is 92.5 cm³/mol. The van der Waals surface area contributed by atoms with Gasteiger partial charge in [-0.1, -0.05) is 41.5 Å². The van der Waals surface area contributed by atoms with Crippen LogP contribution in [0.25, 0.3) is 0 Å². The van der Waals surface area contributed by atoms with Crippen LogP contribution in [0.4, 0.5) is 5.13 Å². The summed E-state index contributed by atoms with van der Waals surface area (Å²) >= 11 is 1.42. The fourth-order valence-electron chi connectivity index (χ4n) is 1.80. The van der Waals surface area contributed by atoms with Crippen LogP contribution >= 0.6 is 11.3 Å². The van der Waals surface area contributed by atoms with Crippen LogP contribution < -0.4 is 10.6 Å². The number of hydrogen-bond donors (Lipinski definition) is 3. The van der Waals surface area contributed by atoms with E-state index in [1.165, 1.54) is 11.3 Å². The summed E-state index contributed by atoms with van der Waals surface area (Å²) in [5.74, 6) is -0.519. The quantitative estimate of drug-likeness (QED) is 0.741. The van der Waals surface area contributed by atoms with Gasteiger partial charge in [-0.15, -0.1) is 11.3 Å². The average molecular weight is 341 g/mol. The van der Waals surface area contributed by atoms with Gasteiger partial charge in [0.05, 0.1) is 0 Å². The van der Waals surface area contributed by atoms with Crippen LogP contribution in [0.1, 0.15) is 58.8 Å². The van der Waals surface area contributed by atoms with Crippen LogP contribution in [0, 0.1) is 5.41 Å². The number of anilines is 1. The van der Waals surface area contributed by atoms with Crippen molar-refractivity contribution in [2.24, 2.45) is 5.41 Å². The number of carbonyl (C=O) groups is 2. The summed E-state index contributed by atoms with van der Waals surface area (Å²) < 4.78 is 0. The highest BCUT2D eigenvalue weighted by molar-refractivity contribution is 7.15. The molecule has 0 radical (unpaired) electrons. The van der Waals surface area contributed by atoms with Crippen molar-refractivity contribution >= 4 is 28.3 Å². The van der Waals surface area contributed by atoms with Crippen molar-refractivity contribution < 1.29 is 14.7 Å². The number of aliphatic hydroxyl groups excluding tert-OH is 1. The first-order valence-electron chi connectivity index (χ1n) is 7.81. The topological polar surface area (TPSA) is 91.3 Å². The number of aliphatic hydroxyl groups is 1. The van der Waals surface area contributed by atoms with E-state index < -0.39 is 23.5 Å². The lowest BCUT2D eigenvalue weighted by atomic mass is 9.88. The summed E-state index contributed by atoms with van der Waals surface area (Å²) in [6, 6.07) is -0.703. The molecule has 0 fully saturated rings. The van der Waals surface area contributed by atoms with Crippen molar-refractivity contribution in [2.45, 2.75) is 66.0 Å². The van der Waals surface area contributed by atoms with E-state index in [0.717, 1.165) is 4.88 Å². The van der Waals surface area contributed by atoms with E-state index in [4.69, 9.17) is 0 Å². The second kappa shape index (κ2) is 7.88. The molecular weight excluding hydrogens is 314 g/mol. The Bertz CT molecular complexity index is 549. The second-order valence-corrected chi connectivity index (χ2v) is 8.01. The van der Waals surface area contributed by atoms with Gasteiger partial charge >= 0.3 is 0 Å². The number of hydrogen-bond acceptors (Lipinski definition) is 5. The number of nitrogens with one attached hydrogen (secondary N) is 2. The largest absolute Gasteiger partial charge is 0.383 e. The highest BCUT2D eigenvalue weighted by atomic mass is 32.1. The minimum atomic E-state index is -1.17. The molecule has 7 heteroatoms. The molecule has 0 spiro atoms. The minimum Gasteiger partial charge on any atom is -0.383 e. The Kier molecular flexibility index (Phi) is 6.70. The molecule has 0 saturated heterocycles. The fraction of sp³-hybridized carbons (Fsp3) is 0.688. The third kappa shape index (κ3) is 5.58. The zero-order valence-corrected chi connectivity index (χ0v) is 15.5. The SMILES string of the molecule is CC[C@H](NC(=O)[C@@H](O)C(C)(C)C)C(=O)Nc1ncc(C(C)C)s1. The summed E-state index contributed by atoms with van der Waals surface area (Å²) in [6.07, 6.45) is 1.00. The molecule has 2 atom stereocenters. The Morgan fingerprint density at radius 3 is 2.35 bits per heavy atom. The molecule has 0 aliphatic heterocycles. The van der Waals surface area contributed by atoms with Gasteiger partial charge in [-0.05, 0) is 17.8 Å². The molecule has 1 rings (SSSR count). The molecule has 0 saturated carbocycles. The number of thiazole rings is 1. The molecule has 23 heavy (non-hydrogen) atoms. The van der Waals surface area contributed by atoms with Crippen LogP contribution in [-0.4, -0.2) is 34.1 Å². The third-order valence-corrected chi connectivity index (χ3v) is 4.65. The van der Waals surface area contributed by atoms with Gasteiger partial charge in [0, 0.05) is 11.1 Å². The van der Waals surface area contributed by atoms with Gasteiger partial charge in [-0.3, -0.25) is 9.59 Å². The molecule has 1 aromatic heterocycles. The van der Waals surface area contributed by atoms with E-state index in [0.29, 0.717) is 17.5 Å². The van der Waals surface area contributed by atoms with Gasteiger partial charge in [-0.2, -0.15) is 0 Å². The highest BCUT2D eigenvalue weighted by Gasteiger charge is 2.31. The van der Waals surface area contributed by atoms with Crippen molar-refractivity contribution in [3.05, 3.63) is 11.1 Å². The van der Waals surface area contributed by atoms with Crippen molar-refractivity contribution in [3.8, 4) is 0 Å². The molecule has 1 heterocycles. The van der Waals surface area contributed by atoms with E-state index in [2.05, 4.69) is 29.5 Å². The summed E-state index contributed by atoms with van der Waals surface area (Å²) in [5, 5.41) is 15.8. The number of rotatable bonds is 6. The molecule has 6 nitrogen and oxygen atoms in total. The zero-order chi connectivity index (χ0) is 17.8. The first-order valence-corrected chi connectivity index (χ1v) is 8.63.